The first-order chi connectivity index (χ1) is 27.0. The number of rotatable bonds is 20. The van der Waals surface area contributed by atoms with Gasteiger partial charge < -0.3 is 29.5 Å². The number of benzene rings is 4. The van der Waals surface area contributed by atoms with Gasteiger partial charge in [-0.1, -0.05) is 151 Å². The van der Waals surface area contributed by atoms with Crippen LogP contribution in [0.1, 0.15) is 115 Å². The molecule has 6 rings (SSSR count). The van der Waals surface area contributed by atoms with Gasteiger partial charge in [-0.3, -0.25) is 0 Å². The van der Waals surface area contributed by atoms with E-state index in [4.69, 9.17) is 0 Å². The van der Waals surface area contributed by atoms with E-state index in [1.807, 2.05) is 48.5 Å². The van der Waals surface area contributed by atoms with Gasteiger partial charge in [-0.05, 0) is 61.1 Å². The standard InChI is InChI=1S/2C22H30N2O3S.Ca/c2*1-2-3-4-5-6-10-16-21-23-22-19(14-11-15-20(22)28(25,26)27)24(21)17-18-12-8-7-9-13-18;/h2*7-9,11-15,21,23H,2-6,10,16-17H2,1H3,(H,25,26,27);/q;;+2/p-2. The molecule has 0 saturated carbocycles. The summed E-state index contributed by atoms with van der Waals surface area (Å²) in [4.78, 5) is 4.05. The van der Waals surface area contributed by atoms with Crippen molar-refractivity contribution in [3.8, 4) is 0 Å². The van der Waals surface area contributed by atoms with Crippen molar-refractivity contribution < 1.29 is 25.9 Å². The van der Waals surface area contributed by atoms with Crippen LogP contribution in [0.5, 0.6) is 0 Å². The Bertz CT molecular complexity index is 1890. The first-order valence-corrected chi connectivity index (χ1v) is 23.1. The van der Waals surface area contributed by atoms with Crippen LogP contribution in [0.3, 0.4) is 0 Å². The molecular weight excluding hydrogens is 785 g/mol. The van der Waals surface area contributed by atoms with E-state index >= 15 is 0 Å². The number of fused-ring (bicyclic) bond motifs is 2. The Morgan fingerprint density at radius 1 is 0.491 bits per heavy atom. The third-order valence-corrected chi connectivity index (χ3v) is 12.4. The van der Waals surface area contributed by atoms with Gasteiger partial charge in [0.05, 0.1) is 44.9 Å². The smallest absolute Gasteiger partial charge is 0.744 e. The Balaban J connectivity index is 0.000000248. The first-order valence-electron chi connectivity index (χ1n) is 20.3. The van der Waals surface area contributed by atoms with Crippen molar-refractivity contribution in [3.05, 3.63) is 108 Å². The molecule has 13 heteroatoms. The van der Waals surface area contributed by atoms with Crippen LogP contribution in [0.25, 0.3) is 0 Å². The van der Waals surface area contributed by atoms with Crippen molar-refractivity contribution in [1.82, 2.24) is 0 Å². The number of para-hydroxylation sites is 2. The maximum atomic E-state index is 11.7. The predicted molar refractivity (Wildman–Crippen MR) is 231 cm³/mol. The summed E-state index contributed by atoms with van der Waals surface area (Å²) in [6.07, 6.45) is 16.3. The maximum Gasteiger partial charge on any atom is 2.00 e. The van der Waals surface area contributed by atoms with Crippen LogP contribution in [0.15, 0.2) is 107 Å². The Hall–Kier alpha value is -2.84. The third kappa shape index (κ3) is 13.6. The summed E-state index contributed by atoms with van der Waals surface area (Å²) in [6.45, 7) is 5.76. The number of nitrogens with zero attached hydrogens (tertiary/aromatic N) is 2. The topological polar surface area (TPSA) is 145 Å². The second-order valence-electron chi connectivity index (χ2n) is 14.9. The molecule has 0 aromatic heterocycles. The monoisotopic (exact) mass is 842 g/mol. The van der Waals surface area contributed by atoms with Crippen LogP contribution in [0.4, 0.5) is 22.7 Å². The fourth-order valence-corrected chi connectivity index (χ4v) is 9.01. The largest absolute Gasteiger partial charge is 2.00 e. The fourth-order valence-electron chi connectivity index (χ4n) is 7.69. The SMILES string of the molecule is CCCCCCCCC1Nc2c(cccc2S(=O)(=O)[O-])N1Cc1ccccc1.CCCCCCCCC1Nc2c(cccc2S(=O)(=O)[O-])N1Cc1ccccc1.[Ca+2]. The zero-order valence-electron chi connectivity index (χ0n) is 33.6. The van der Waals surface area contributed by atoms with Crippen molar-refractivity contribution in [2.24, 2.45) is 0 Å². The number of unbranched alkanes of at least 4 members (excludes halogenated alkanes) is 10. The summed E-state index contributed by atoms with van der Waals surface area (Å²) in [5.41, 5.74) is 4.78. The number of hydrogen-bond donors (Lipinski definition) is 2. The van der Waals surface area contributed by atoms with Crippen molar-refractivity contribution in [2.75, 3.05) is 20.4 Å². The number of anilines is 4. The summed E-state index contributed by atoms with van der Waals surface area (Å²) < 4.78 is 70.3. The van der Waals surface area contributed by atoms with Gasteiger partial charge in [0.1, 0.15) is 20.2 Å². The molecule has 10 nitrogen and oxygen atoms in total. The molecule has 4 aromatic rings. The van der Waals surface area contributed by atoms with Gasteiger partial charge in [-0.2, -0.15) is 0 Å². The van der Waals surface area contributed by atoms with E-state index < -0.39 is 20.2 Å². The van der Waals surface area contributed by atoms with Crippen molar-refractivity contribution in [1.29, 1.82) is 0 Å². The molecular formula is C44H58CaN4O6S2. The Labute approximate surface area is 371 Å². The fraction of sp³-hybridized carbons (Fsp3) is 0.455. The molecule has 0 aliphatic carbocycles. The minimum absolute atomic E-state index is 0. The Morgan fingerprint density at radius 3 is 1.19 bits per heavy atom. The molecule has 2 atom stereocenters. The molecule has 2 heterocycles. The van der Waals surface area contributed by atoms with E-state index in [0.717, 1.165) is 48.2 Å². The second-order valence-corrected chi connectivity index (χ2v) is 17.6. The summed E-state index contributed by atoms with van der Waals surface area (Å²) in [5.74, 6) is 0. The average Bonchev–Trinajstić information content (AvgIpc) is 3.71. The van der Waals surface area contributed by atoms with Gasteiger partial charge in [-0.25, -0.2) is 16.8 Å². The zero-order valence-corrected chi connectivity index (χ0v) is 37.4. The van der Waals surface area contributed by atoms with Gasteiger partial charge in [0.2, 0.25) is 0 Å². The van der Waals surface area contributed by atoms with Crippen molar-refractivity contribution >= 4 is 80.7 Å². The molecule has 304 valence electrons. The molecule has 0 amide bonds. The molecule has 0 fully saturated rings. The van der Waals surface area contributed by atoms with Gasteiger partial charge in [0.15, 0.2) is 0 Å². The number of hydrogen-bond acceptors (Lipinski definition) is 10. The van der Waals surface area contributed by atoms with E-state index in [-0.39, 0.29) is 59.9 Å². The molecule has 2 aliphatic heterocycles. The molecule has 4 aromatic carbocycles. The van der Waals surface area contributed by atoms with E-state index in [2.05, 4.69) is 58.5 Å². The van der Waals surface area contributed by atoms with Crippen molar-refractivity contribution in [2.45, 2.75) is 139 Å². The third-order valence-electron chi connectivity index (χ3n) is 10.6. The average molecular weight is 843 g/mol. The van der Waals surface area contributed by atoms with E-state index in [1.54, 1.807) is 12.1 Å². The van der Waals surface area contributed by atoms with Crippen LogP contribution < -0.4 is 20.4 Å². The molecule has 2 aliphatic rings. The minimum atomic E-state index is -4.52. The van der Waals surface area contributed by atoms with Crippen LogP contribution in [0.2, 0.25) is 0 Å². The maximum absolute atomic E-state index is 11.7. The summed E-state index contributed by atoms with van der Waals surface area (Å²) in [6, 6.07) is 30.1. The normalized spacial score (nSPS) is 15.8. The van der Waals surface area contributed by atoms with E-state index in [1.165, 1.54) is 76.3 Å². The van der Waals surface area contributed by atoms with Crippen LogP contribution in [-0.2, 0) is 33.3 Å². The summed E-state index contributed by atoms with van der Waals surface area (Å²) in [5, 5.41) is 6.66. The molecule has 2 unspecified atom stereocenters. The molecule has 0 spiro atoms. The summed E-state index contributed by atoms with van der Waals surface area (Å²) in [7, 11) is -9.04. The second kappa shape index (κ2) is 23.1. The van der Waals surface area contributed by atoms with Crippen LogP contribution >= 0.6 is 0 Å². The quantitative estimate of drug-likeness (QED) is 0.0501. The molecule has 2 N–H and O–H groups in total. The predicted octanol–water partition coefficient (Wildman–Crippen LogP) is 9.82. The minimum Gasteiger partial charge on any atom is -0.744 e. The van der Waals surface area contributed by atoms with E-state index in [0.29, 0.717) is 24.5 Å². The van der Waals surface area contributed by atoms with E-state index in [9.17, 15) is 25.9 Å². The number of nitrogens with one attached hydrogen (secondary N) is 2. The van der Waals surface area contributed by atoms with Gasteiger partial charge >= 0.3 is 37.7 Å². The zero-order chi connectivity index (χ0) is 40.0. The Kier molecular flexibility index (Phi) is 19.0. The molecule has 57 heavy (non-hydrogen) atoms. The van der Waals surface area contributed by atoms with Crippen LogP contribution in [-0.4, -0.2) is 76.0 Å². The molecule has 0 bridgehead atoms. The van der Waals surface area contributed by atoms with Gasteiger partial charge in [-0.15, -0.1) is 0 Å². The van der Waals surface area contributed by atoms with Crippen LogP contribution in [0, 0.1) is 0 Å². The molecule has 0 saturated heterocycles. The Morgan fingerprint density at radius 2 is 0.842 bits per heavy atom. The van der Waals surface area contributed by atoms with Crippen molar-refractivity contribution in [3.63, 3.8) is 0 Å². The van der Waals surface area contributed by atoms with Gasteiger partial charge in [0.25, 0.3) is 0 Å². The van der Waals surface area contributed by atoms with Gasteiger partial charge in [0, 0.05) is 13.1 Å². The summed E-state index contributed by atoms with van der Waals surface area (Å²) >= 11 is 0. The first kappa shape index (κ1) is 46.8. The molecule has 0 radical (unpaired) electrons.